The van der Waals surface area contributed by atoms with Crippen LogP contribution in [0, 0.1) is 0 Å². The first-order valence-corrected chi connectivity index (χ1v) is 14.1. The zero-order valence-corrected chi connectivity index (χ0v) is 20.7. The molecule has 13 heteroatoms. The van der Waals surface area contributed by atoms with Gasteiger partial charge in [0.15, 0.2) is 18.2 Å². The molecule has 1 aliphatic rings. The van der Waals surface area contributed by atoms with E-state index in [-0.39, 0.29) is 30.6 Å². The fourth-order valence-corrected chi connectivity index (χ4v) is 4.86. The van der Waals surface area contributed by atoms with E-state index < -0.39 is 26.0 Å². The molecule has 36 heavy (non-hydrogen) atoms. The Morgan fingerprint density at radius 2 is 1.67 bits per heavy atom. The number of ether oxygens (including phenoxy) is 1. The van der Waals surface area contributed by atoms with E-state index in [9.17, 15) is 16.8 Å². The second-order valence-electron chi connectivity index (χ2n) is 8.00. The lowest BCUT2D eigenvalue weighted by Gasteiger charge is -2.01. The van der Waals surface area contributed by atoms with Crippen molar-refractivity contribution in [1.29, 1.82) is 0 Å². The van der Waals surface area contributed by atoms with Gasteiger partial charge in [-0.3, -0.25) is 9.11 Å². The highest BCUT2D eigenvalue weighted by atomic mass is 32.2. The van der Waals surface area contributed by atoms with E-state index in [0.717, 1.165) is 11.3 Å². The highest BCUT2D eigenvalue weighted by Gasteiger charge is 2.24. The van der Waals surface area contributed by atoms with E-state index in [4.69, 9.17) is 18.3 Å². The second kappa shape index (κ2) is 11.2. The Bertz CT molecular complexity index is 1480. The number of allylic oxidation sites excluding steroid dienone is 2. The fraction of sp³-hybridized carbons (Fsp3) is 0.261. The van der Waals surface area contributed by atoms with Gasteiger partial charge in [0.2, 0.25) is 5.58 Å². The molecule has 0 unspecified atom stereocenters. The topological polar surface area (TPSA) is 177 Å². The summed E-state index contributed by atoms with van der Waals surface area (Å²) in [4.78, 5) is 0. The number of benzene rings is 2. The van der Waals surface area contributed by atoms with Crippen LogP contribution in [0.4, 0.5) is 5.69 Å². The summed E-state index contributed by atoms with van der Waals surface area (Å²) in [6.45, 7) is 0.235. The molecular formula is C23H26N2O9S2. The van der Waals surface area contributed by atoms with Crippen molar-refractivity contribution in [1.82, 2.24) is 0 Å². The lowest BCUT2D eigenvalue weighted by atomic mass is 10.1. The molecule has 0 radical (unpaired) electrons. The Morgan fingerprint density at radius 1 is 0.944 bits per heavy atom. The van der Waals surface area contributed by atoms with Crippen molar-refractivity contribution in [2.75, 3.05) is 16.8 Å². The van der Waals surface area contributed by atoms with Gasteiger partial charge in [-0.1, -0.05) is 24.3 Å². The minimum Gasteiger partial charge on any atom is -0.870 e. The molecule has 0 saturated carbocycles. The van der Waals surface area contributed by atoms with Gasteiger partial charge in [0, 0.05) is 12.0 Å². The number of nitrogens with zero attached hydrogens (tertiary/aromatic N) is 1. The number of oxazole rings is 1. The summed E-state index contributed by atoms with van der Waals surface area (Å²) in [5, 5.41) is 3.14. The SMILES string of the molecule is O=S(=O)(O)CCCc1cccc2oc(C=CC=C3Nc4ccccc4O3)[n+](CCCS(=O)(=O)O)c12.[OH-]. The summed E-state index contributed by atoms with van der Waals surface area (Å²) in [6.07, 6.45) is 5.86. The molecule has 2 heterocycles. The van der Waals surface area contributed by atoms with Gasteiger partial charge in [0.25, 0.3) is 25.8 Å². The number of para-hydroxylation sites is 3. The minimum atomic E-state index is -4.13. The van der Waals surface area contributed by atoms with Gasteiger partial charge in [-0.25, -0.2) is 0 Å². The molecule has 1 aliphatic heterocycles. The Balaban J connectivity index is 0.00000361. The van der Waals surface area contributed by atoms with Crippen LogP contribution in [0.1, 0.15) is 24.3 Å². The van der Waals surface area contributed by atoms with Gasteiger partial charge in [-0.15, -0.1) is 0 Å². The van der Waals surface area contributed by atoms with Crippen LogP contribution < -0.4 is 14.6 Å². The summed E-state index contributed by atoms with van der Waals surface area (Å²) in [6, 6.07) is 12.9. The van der Waals surface area contributed by atoms with Crippen LogP contribution in [0.15, 0.2) is 64.9 Å². The Hall–Kier alpha value is -3.23. The Labute approximate surface area is 208 Å². The number of nitrogens with one attached hydrogen (secondary N) is 1. The molecule has 0 bridgehead atoms. The molecule has 0 amide bonds. The molecule has 4 N–H and O–H groups in total. The average Bonchev–Trinajstić information content (AvgIpc) is 3.33. The van der Waals surface area contributed by atoms with E-state index in [1.807, 2.05) is 30.3 Å². The maximum atomic E-state index is 11.2. The first-order valence-electron chi connectivity index (χ1n) is 10.9. The molecule has 0 atom stereocenters. The van der Waals surface area contributed by atoms with Crippen molar-refractivity contribution in [3.8, 4) is 5.75 Å². The highest BCUT2D eigenvalue weighted by Crippen LogP contribution is 2.32. The predicted molar refractivity (Wildman–Crippen MR) is 132 cm³/mol. The van der Waals surface area contributed by atoms with E-state index >= 15 is 0 Å². The summed E-state index contributed by atoms with van der Waals surface area (Å²) < 4.78 is 76.4. The molecule has 0 aliphatic carbocycles. The molecule has 1 aromatic heterocycles. The molecule has 0 fully saturated rings. The van der Waals surface area contributed by atoms with Gasteiger partial charge in [-0.05, 0) is 43.2 Å². The van der Waals surface area contributed by atoms with Crippen LogP contribution in [-0.2, 0) is 33.2 Å². The van der Waals surface area contributed by atoms with E-state index in [1.165, 1.54) is 0 Å². The monoisotopic (exact) mass is 538 g/mol. The van der Waals surface area contributed by atoms with E-state index in [2.05, 4.69) is 5.32 Å². The Morgan fingerprint density at radius 3 is 2.39 bits per heavy atom. The molecule has 194 valence electrons. The molecule has 2 aromatic carbocycles. The predicted octanol–water partition coefficient (Wildman–Crippen LogP) is 3.00. The van der Waals surface area contributed by atoms with Gasteiger partial charge < -0.3 is 19.9 Å². The number of fused-ring (bicyclic) bond motifs is 2. The van der Waals surface area contributed by atoms with Crippen LogP contribution in [0.3, 0.4) is 0 Å². The number of hydrogen-bond acceptors (Lipinski definition) is 8. The van der Waals surface area contributed by atoms with Gasteiger partial charge in [-0.2, -0.15) is 21.4 Å². The van der Waals surface area contributed by atoms with Gasteiger partial charge >= 0.3 is 5.89 Å². The van der Waals surface area contributed by atoms with Crippen LogP contribution in [0.25, 0.3) is 17.2 Å². The zero-order chi connectivity index (χ0) is 25.1. The van der Waals surface area contributed by atoms with Gasteiger partial charge in [0.1, 0.15) is 0 Å². The first kappa shape index (κ1) is 27.4. The standard InChI is InChI=1S/C23H24N2O8S2.H2O/c26-34(27,28)15-5-8-17-7-3-11-20-23(17)25(14-6-16-35(29,30)31)22(33-20)13-4-12-21-24-18-9-1-2-10-19(18)32-21;/h1-4,7,9-13H,5-6,8,14-16H2,(H2,26,27,28,29,30,31);1H2. The van der Waals surface area contributed by atoms with Crippen LogP contribution in [0.2, 0.25) is 0 Å². The largest absolute Gasteiger partial charge is 0.870 e. The first-order chi connectivity index (χ1) is 16.6. The molecule has 0 saturated heterocycles. The third-order valence-electron chi connectivity index (χ3n) is 5.32. The zero-order valence-electron chi connectivity index (χ0n) is 19.1. The quantitative estimate of drug-likeness (QED) is 0.257. The molecular weight excluding hydrogens is 512 g/mol. The molecule has 11 nitrogen and oxygen atoms in total. The number of anilines is 1. The Kier molecular flexibility index (Phi) is 8.53. The van der Waals surface area contributed by atoms with E-state index in [0.29, 0.717) is 35.0 Å². The van der Waals surface area contributed by atoms with Gasteiger partial charge in [0.05, 0.1) is 23.3 Å². The van der Waals surface area contributed by atoms with Crippen LogP contribution in [0.5, 0.6) is 5.75 Å². The number of aryl methyl sites for hydroxylation is 2. The minimum absolute atomic E-state index is 0. The third-order valence-corrected chi connectivity index (χ3v) is 6.93. The molecule has 3 aromatic rings. The summed E-state index contributed by atoms with van der Waals surface area (Å²) in [5.41, 5.74) is 2.87. The highest BCUT2D eigenvalue weighted by molar-refractivity contribution is 7.86. The fourth-order valence-electron chi connectivity index (χ4n) is 3.86. The normalized spacial score (nSPS) is 14.6. The third kappa shape index (κ3) is 7.15. The number of hydrogen-bond donors (Lipinski definition) is 3. The lowest BCUT2D eigenvalue weighted by molar-refractivity contribution is -0.678. The van der Waals surface area contributed by atoms with E-state index in [1.54, 1.807) is 34.9 Å². The number of aromatic nitrogens is 1. The molecule has 4 rings (SSSR count). The smallest absolute Gasteiger partial charge is 0.374 e. The summed E-state index contributed by atoms with van der Waals surface area (Å²) in [7, 11) is -8.21. The van der Waals surface area contributed by atoms with Crippen molar-refractivity contribution in [2.24, 2.45) is 0 Å². The average molecular weight is 539 g/mol. The van der Waals surface area contributed by atoms with Crippen LogP contribution >= 0.6 is 0 Å². The summed E-state index contributed by atoms with van der Waals surface area (Å²) in [5.74, 6) is 0.888. The van der Waals surface area contributed by atoms with Crippen molar-refractivity contribution >= 4 is 43.1 Å². The lowest BCUT2D eigenvalue weighted by Crippen LogP contribution is -2.37. The van der Waals surface area contributed by atoms with Crippen molar-refractivity contribution in [3.05, 3.63) is 72.0 Å². The number of rotatable bonds is 10. The molecule has 0 spiro atoms. The maximum absolute atomic E-state index is 11.2. The van der Waals surface area contributed by atoms with Crippen molar-refractivity contribution in [3.63, 3.8) is 0 Å². The summed E-state index contributed by atoms with van der Waals surface area (Å²) >= 11 is 0. The van der Waals surface area contributed by atoms with Crippen molar-refractivity contribution in [2.45, 2.75) is 25.8 Å². The van der Waals surface area contributed by atoms with Crippen molar-refractivity contribution < 1.29 is 45.1 Å². The maximum Gasteiger partial charge on any atom is 0.374 e. The van der Waals surface area contributed by atoms with Crippen LogP contribution in [-0.4, -0.2) is 42.9 Å². The second-order valence-corrected chi connectivity index (χ2v) is 11.1.